The molecule has 0 saturated carbocycles. The van der Waals surface area contributed by atoms with Crippen molar-refractivity contribution in [2.45, 2.75) is 25.8 Å². The predicted octanol–water partition coefficient (Wildman–Crippen LogP) is 1.04. The van der Waals surface area contributed by atoms with Gasteiger partial charge in [-0.1, -0.05) is 0 Å². The van der Waals surface area contributed by atoms with Gasteiger partial charge in [0.2, 0.25) is 5.91 Å². The first-order valence-electron chi connectivity index (χ1n) is 7.91. The number of hydrogen-bond donors (Lipinski definition) is 2. The number of carbonyl (C=O) groups is 2. The number of nitrogens with two attached hydrogens (primary N) is 1. The summed E-state index contributed by atoms with van der Waals surface area (Å²) in [6.45, 7) is 3.46. The Hall–Kier alpha value is -2.21. The minimum absolute atomic E-state index is 0.0271. The van der Waals surface area contributed by atoms with Crippen molar-refractivity contribution in [3.05, 3.63) is 35.7 Å². The highest BCUT2D eigenvalue weighted by atomic mass is 16.2. The molecule has 2 amide bonds. The van der Waals surface area contributed by atoms with E-state index in [4.69, 9.17) is 5.73 Å². The van der Waals surface area contributed by atoms with Crippen LogP contribution in [0, 0.1) is 5.92 Å². The van der Waals surface area contributed by atoms with Crippen LogP contribution in [-0.4, -0.2) is 47.9 Å². The van der Waals surface area contributed by atoms with E-state index in [1.54, 1.807) is 25.4 Å². The first-order valence-corrected chi connectivity index (χ1v) is 7.91. The van der Waals surface area contributed by atoms with Crippen molar-refractivity contribution in [2.24, 2.45) is 11.7 Å². The first-order chi connectivity index (χ1) is 11.0. The molecule has 1 aliphatic heterocycles. The van der Waals surface area contributed by atoms with E-state index in [-0.39, 0.29) is 17.9 Å². The van der Waals surface area contributed by atoms with E-state index in [2.05, 4.69) is 10.3 Å². The first kappa shape index (κ1) is 17.1. The fourth-order valence-electron chi connectivity index (χ4n) is 2.73. The molecule has 6 heteroatoms. The monoisotopic (exact) mass is 316 g/mol. The van der Waals surface area contributed by atoms with Crippen LogP contribution in [-0.2, 0) is 4.79 Å². The quantitative estimate of drug-likeness (QED) is 0.812. The van der Waals surface area contributed by atoms with Crippen molar-refractivity contribution < 1.29 is 9.59 Å². The van der Waals surface area contributed by atoms with Gasteiger partial charge in [-0.15, -0.1) is 0 Å². The number of pyridine rings is 1. The summed E-state index contributed by atoms with van der Waals surface area (Å²) in [5.74, 6) is 0.134. The Morgan fingerprint density at radius 2 is 2.26 bits per heavy atom. The summed E-state index contributed by atoms with van der Waals surface area (Å²) in [6, 6.07) is 1.80. The molecule has 1 aromatic heterocycles. The lowest BCUT2D eigenvalue weighted by Crippen LogP contribution is -2.44. The molecule has 0 aliphatic carbocycles. The maximum Gasteiger partial charge on any atom is 0.252 e. The molecule has 0 aromatic carbocycles. The van der Waals surface area contributed by atoms with E-state index in [1.165, 1.54) is 12.3 Å². The van der Waals surface area contributed by atoms with Gasteiger partial charge in [0.1, 0.15) is 0 Å². The molecule has 2 unspecified atom stereocenters. The Bertz CT molecular complexity index is 598. The zero-order valence-electron chi connectivity index (χ0n) is 13.7. The van der Waals surface area contributed by atoms with E-state index in [9.17, 15) is 9.59 Å². The lowest BCUT2D eigenvalue weighted by atomic mass is 9.92. The maximum atomic E-state index is 12.3. The fraction of sp³-hybridized carbons (Fsp3) is 0.471. The number of rotatable bonds is 4. The molecular formula is C17H24N4O2. The Morgan fingerprint density at radius 1 is 1.48 bits per heavy atom. The molecule has 2 atom stereocenters. The minimum atomic E-state index is -0.199. The highest BCUT2D eigenvalue weighted by molar-refractivity contribution is 5.95. The van der Waals surface area contributed by atoms with Crippen LogP contribution in [0.3, 0.4) is 0 Å². The Morgan fingerprint density at radius 3 is 2.96 bits per heavy atom. The average Bonchev–Trinajstić information content (AvgIpc) is 2.59. The molecule has 2 heterocycles. The van der Waals surface area contributed by atoms with E-state index in [0.717, 1.165) is 24.9 Å². The standard InChI is InChI=1S/C17H24N4O2/c1-12(18)14-4-3-7-21(11-14)16(22)6-5-13-8-15(10-20-9-13)17(23)19-2/h5-6,8-10,12,14H,3-4,7,11,18H2,1-2H3,(H,19,23). The van der Waals surface area contributed by atoms with E-state index in [1.807, 2.05) is 11.8 Å². The van der Waals surface area contributed by atoms with Gasteiger partial charge in [-0.25, -0.2) is 0 Å². The van der Waals surface area contributed by atoms with Crippen LogP contribution < -0.4 is 11.1 Å². The molecule has 1 aromatic rings. The average molecular weight is 316 g/mol. The number of nitrogens with zero attached hydrogens (tertiary/aromatic N) is 2. The summed E-state index contributed by atoms with van der Waals surface area (Å²) in [5, 5.41) is 2.55. The van der Waals surface area contributed by atoms with Gasteiger partial charge in [-0.2, -0.15) is 0 Å². The molecule has 0 bridgehead atoms. The molecular weight excluding hydrogens is 292 g/mol. The predicted molar refractivity (Wildman–Crippen MR) is 89.6 cm³/mol. The van der Waals surface area contributed by atoms with Crippen LogP contribution in [0.25, 0.3) is 6.08 Å². The van der Waals surface area contributed by atoms with Crippen LogP contribution in [0.5, 0.6) is 0 Å². The lowest BCUT2D eigenvalue weighted by molar-refractivity contribution is -0.127. The Kier molecular flexibility index (Phi) is 5.87. The molecule has 3 N–H and O–H groups in total. The summed E-state index contributed by atoms with van der Waals surface area (Å²) in [5.41, 5.74) is 7.14. The van der Waals surface area contributed by atoms with Gasteiger partial charge in [-0.3, -0.25) is 14.6 Å². The molecule has 6 nitrogen and oxygen atoms in total. The van der Waals surface area contributed by atoms with Crippen LogP contribution in [0.4, 0.5) is 0 Å². The van der Waals surface area contributed by atoms with Gasteiger partial charge in [0.25, 0.3) is 5.91 Å². The molecule has 0 radical (unpaired) electrons. The Balaban J connectivity index is 2.02. The normalized spacial score (nSPS) is 19.6. The minimum Gasteiger partial charge on any atom is -0.355 e. The largest absolute Gasteiger partial charge is 0.355 e. The summed E-state index contributed by atoms with van der Waals surface area (Å²) < 4.78 is 0. The molecule has 124 valence electrons. The number of piperidine rings is 1. The second-order valence-corrected chi connectivity index (χ2v) is 5.97. The molecule has 1 fully saturated rings. The molecule has 1 saturated heterocycles. The van der Waals surface area contributed by atoms with Gasteiger partial charge in [0, 0.05) is 44.6 Å². The summed E-state index contributed by atoms with van der Waals surface area (Å²) >= 11 is 0. The lowest BCUT2D eigenvalue weighted by Gasteiger charge is -2.34. The highest BCUT2D eigenvalue weighted by Gasteiger charge is 2.24. The van der Waals surface area contributed by atoms with Crippen molar-refractivity contribution in [1.29, 1.82) is 0 Å². The highest BCUT2D eigenvalue weighted by Crippen LogP contribution is 2.19. The zero-order chi connectivity index (χ0) is 16.8. The number of nitrogens with one attached hydrogen (secondary N) is 1. The van der Waals surface area contributed by atoms with Crippen molar-refractivity contribution in [2.75, 3.05) is 20.1 Å². The van der Waals surface area contributed by atoms with Gasteiger partial charge in [-0.05, 0) is 43.4 Å². The summed E-state index contributed by atoms with van der Waals surface area (Å²) in [6.07, 6.45) is 8.40. The molecule has 2 rings (SSSR count). The van der Waals surface area contributed by atoms with Crippen molar-refractivity contribution in [1.82, 2.24) is 15.2 Å². The van der Waals surface area contributed by atoms with Gasteiger partial charge in [0.05, 0.1) is 5.56 Å². The van der Waals surface area contributed by atoms with E-state index < -0.39 is 0 Å². The molecule has 23 heavy (non-hydrogen) atoms. The van der Waals surface area contributed by atoms with Gasteiger partial charge < -0.3 is 16.0 Å². The Labute approximate surface area is 136 Å². The van der Waals surface area contributed by atoms with Crippen LogP contribution in [0.15, 0.2) is 24.5 Å². The third-order valence-corrected chi connectivity index (χ3v) is 4.18. The fourth-order valence-corrected chi connectivity index (χ4v) is 2.73. The second-order valence-electron chi connectivity index (χ2n) is 5.97. The molecule has 1 aliphatic rings. The van der Waals surface area contributed by atoms with E-state index in [0.29, 0.717) is 18.0 Å². The SMILES string of the molecule is CNC(=O)c1cncc(C=CC(=O)N2CCCC(C(C)N)C2)c1. The topological polar surface area (TPSA) is 88.3 Å². The van der Waals surface area contributed by atoms with Crippen molar-refractivity contribution in [3.63, 3.8) is 0 Å². The van der Waals surface area contributed by atoms with E-state index >= 15 is 0 Å². The van der Waals surface area contributed by atoms with Crippen LogP contribution in [0.1, 0.15) is 35.7 Å². The van der Waals surface area contributed by atoms with Gasteiger partial charge >= 0.3 is 0 Å². The number of likely N-dealkylation sites (tertiary alicyclic amines) is 1. The zero-order valence-corrected chi connectivity index (χ0v) is 13.7. The number of amides is 2. The second kappa shape index (κ2) is 7.87. The van der Waals surface area contributed by atoms with Gasteiger partial charge in [0.15, 0.2) is 0 Å². The van der Waals surface area contributed by atoms with Crippen molar-refractivity contribution in [3.8, 4) is 0 Å². The number of aromatic nitrogens is 1. The third kappa shape index (κ3) is 4.63. The number of carbonyl (C=O) groups excluding carboxylic acids is 2. The summed E-state index contributed by atoms with van der Waals surface area (Å²) in [7, 11) is 1.57. The van der Waals surface area contributed by atoms with Crippen molar-refractivity contribution >= 4 is 17.9 Å². The number of hydrogen-bond acceptors (Lipinski definition) is 4. The maximum absolute atomic E-state index is 12.3. The van der Waals surface area contributed by atoms with Crippen LogP contribution in [0.2, 0.25) is 0 Å². The molecule has 0 spiro atoms. The smallest absolute Gasteiger partial charge is 0.252 e. The third-order valence-electron chi connectivity index (χ3n) is 4.18. The summed E-state index contributed by atoms with van der Waals surface area (Å²) in [4.78, 5) is 29.8. The van der Waals surface area contributed by atoms with Crippen LogP contribution >= 0.6 is 0 Å².